The Morgan fingerprint density at radius 1 is 0.969 bits per heavy atom. The molecule has 2 N–H and O–H groups in total. The van der Waals surface area contributed by atoms with Crippen molar-refractivity contribution in [1.29, 1.82) is 0 Å². The highest BCUT2D eigenvalue weighted by Gasteiger charge is 2.51. The molecule has 4 aliphatic rings. The highest BCUT2D eigenvalue weighted by Crippen LogP contribution is 2.55. The van der Waals surface area contributed by atoms with E-state index in [1.807, 2.05) is 53.3 Å². The number of hydrogen-bond acceptors (Lipinski definition) is 4. The van der Waals surface area contributed by atoms with Crippen LogP contribution in [0.2, 0.25) is 0 Å². The number of hydrogen-bond donors (Lipinski definition) is 2. The zero-order chi connectivity index (χ0) is 21.5. The minimum atomic E-state index is -0.0265. The molecule has 0 spiro atoms. The lowest BCUT2D eigenvalue weighted by atomic mass is 9.53. The molecule has 2 aromatic heterocycles. The molecule has 7 rings (SSSR count). The van der Waals surface area contributed by atoms with Crippen LogP contribution in [0, 0.1) is 17.8 Å². The van der Waals surface area contributed by atoms with E-state index in [-0.39, 0.29) is 11.4 Å². The Morgan fingerprint density at radius 3 is 2.34 bits per heavy atom. The summed E-state index contributed by atoms with van der Waals surface area (Å²) in [6.45, 7) is 0.573. The molecule has 6 nitrogen and oxygen atoms in total. The summed E-state index contributed by atoms with van der Waals surface area (Å²) in [7, 11) is 0. The van der Waals surface area contributed by atoms with E-state index in [2.05, 4.69) is 20.7 Å². The lowest BCUT2D eigenvalue weighted by Crippen LogP contribution is -2.59. The van der Waals surface area contributed by atoms with Gasteiger partial charge in [0.2, 0.25) is 0 Å². The second-order valence-corrected chi connectivity index (χ2v) is 10.0. The summed E-state index contributed by atoms with van der Waals surface area (Å²) in [5.41, 5.74) is 2.56. The topological polar surface area (TPSA) is 71.8 Å². The third-order valence-electron chi connectivity index (χ3n) is 7.61. The Balaban J connectivity index is 1.29. The Labute approximate surface area is 188 Å². The van der Waals surface area contributed by atoms with Crippen LogP contribution < -0.4 is 10.6 Å². The van der Waals surface area contributed by atoms with Crippen LogP contribution >= 0.6 is 0 Å². The van der Waals surface area contributed by atoms with Crippen LogP contribution in [0.25, 0.3) is 5.69 Å². The van der Waals surface area contributed by atoms with Crippen LogP contribution in [0.15, 0.2) is 61.1 Å². The molecule has 0 atom stereocenters. The smallest absolute Gasteiger partial charge is 0.257 e. The number of nitrogens with one attached hydrogen (secondary N) is 2. The molecular formula is C26H29N5O. The lowest BCUT2D eigenvalue weighted by molar-refractivity contribution is -0.0166. The number of carbonyl (C=O) groups is 1. The molecule has 0 saturated heterocycles. The van der Waals surface area contributed by atoms with E-state index in [1.165, 1.54) is 19.3 Å². The van der Waals surface area contributed by atoms with E-state index in [4.69, 9.17) is 0 Å². The fraction of sp³-hybridized carbons (Fsp3) is 0.423. The molecule has 1 amide bonds. The molecule has 0 radical (unpaired) electrons. The molecule has 2 heterocycles. The molecule has 1 aromatic carbocycles. The van der Waals surface area contributed by atoms with Gasteiger partial charge in [0, 0.05) is 24.5 Å². The molecule has 6 heteroatoms. The average Bonchev–Trinajstić information content (AvgIpc) is 3.22. The molecule has 4 aliphatic carbocycles. The fourth-order valence-corrected chi connectivity index (χ4v) is 6.71. The Morgan fingerprint density at radius 2 is 1.69 bits per heavy atom. The number of benzene rings is 1. The lowest BCUT2D eigenvalue weighted by Gasteiger charge is -2.56. The normalized spacial score (nSPS) is 27.9. The van der Waals surface area contributed by atoms with E-state index in [1.54, 1.807) is 12.4 Å². The van der Waals surface area contributed by atoms with Crippen LogP contribution in [0.3, 0.4) is 0 Å². The van der Waals surface area contributed by atoms with Crippen molar-refractivity contribution in [3.05, 3.63) is 72.2 Å². The monoisotopic (exact) mass is 427 g/mol. The molecule has 4 fully saturated rings. The summed E-state index contributed by atoms with van der Waals surface area (Å²) in [5, 5.41) is 11.6. The molecule has 164 valence electrons. The number of aromatic nitrogens is 3. The molecule has 3 aromatic rings. The van der Waals surface area contributed by atoms with Crippen molar-refractivity contribution in [2.75, 3.05) is 5.32 Å². The Bertz CT molecular complexity index is 1070. The van der Waals surface area contributed by atoms with Gasteiger partial charge in [-0.2, -0.15) is 5.10 Å². The highest BCUT2D eigenvalue weighted by atomic mass is 16.1. The maximum atomic E-state index is 13.6. The first-order valence-corrected chi connectivity index (χ1v) is 11.8. The van der Waals surface area contributed by atoms with Gasteiger partial charge in [0.1, 0.15) is 11.4 Å². The Hall–Kier alpha value is -3.15. The molecule has 4 saturated carbocycles. The number of amides is 1. The maximum absolute atomic E-state index is 13.6. The van der Waals surface area contributed by atoms with Crippen molar-refractivity contribution in [2.24, 2.45) is 17.8 Å². The van der Waals surface area contributed by atoms with Gasteiger partial charge in [-0.3, -0.25) is 9.78 Å². The van der Waals surface area contributed by atoms with Crippen molar-refractivity contribution in [1.82, 2.24) is 20.1 Å². The summed E-state index contributed by atoms with van der Waals surface area (Å²) >= 11 is 0. The van der Waals surface area contributed by atoms with Gasteiger partial charge in [0.05, 0.1) is 11.9 Å². The van der Waals surface area contributed by atoms with Crippen LogP contribution in [0.4, 0.5) is 5.82 Å². The second-order valence-electron chi connectivity index (χ2n) is 10.0. The Kier molecular flexibility index (Phi) is 4.74. The maximum Gasteiger partial charge on any atom is 0.257 e. The predicted molar refractivity (Wildman–Crippen MR) is 123 cm³/mol. The number of carbonyl (C=O) groups excluding carboxylic acids is 1. The summed E-state index contributed by atoms with van der Waals surface area (Å²) in [6, 6.07) is 13.9. The fourth-order valence-electron chi connectivity index (χ4n) is 6.71. The van der Waals surface area contributed by atoms with Crippen molar-refractivity contribution in [3.63, 3.8) is 0 Å². The van der Waals surface area contributed by atoms with Gasteiger partial charge in [-0.1, -0.05) is 24.3 Å². The minimum Gasteiger partial charge on any atom is -0.365 e. The van der Waals surface area contributed by atoms with Gasteiger partial charge in [0.25, 0.3) is 5.91 Å². The largest absolute Gasteiger partial charge is 0.365 e. The van der Waals surface area contributed by atoms with Crippen molar-refractivity contribution in [3.8, 4) is 5.69 Å². The third-order valence-corrected chi connectivity index (χ3v) is 7.61. The molecule has 0 aliphatic heterocycles. The zero-order valence-electron chi connectivity index (χ0n) is 18.2. The molecular weight excluding hydrogens is 398 g/mol. The number of pyridine rings is 1. The quantitative estimate of drug-likeness (QED) is 0.604. The predicted octanol–water partition coefficient (Wildman–Crippen LogP) is 4.58. The van der Waals surface area contributed by atoms with Gasteiger partial charge >= 0.3 is 0 Å². The molecule has 32 heavy (non-hydrogen) atoms. The summed E-state index contributed by atoms with van der Waals surface area (Å²) in [5.74, 6) is 3.08. The number of rotatable bonds is 6. The van der Waals surface area contributed by atoms with Gasteiger partial charge < -0.3 is 10.6 Å². The standard InChI is InChI=1S/C26H29N5O/c32-25(30-26-12-19-9-20(13-26)11-21(10-19)14-26)23-17-29-31(22-6-2-1-3-7-22)24(23)28-16-18-5-4-8-27-15-18/h1-8,15,17,19-21,28H,9-14,16H2,(H,30,32). The number of anilines is 1. The summed E-state index contributed by atoms with van der Waals surface area (Å²) < 4.78 is 1.82. The van der Waals surface area contributed by atoms with Crippen LogP contribution in [-0.2, 0) is 6.54 Å². The van der Waals surface area contributed by atoms with E-state index >= 15 is 0 Å². The van der Waals surface area contributed by atoms with E-state index < -0.39 is 0 Å². The zero-order valence-corrected chi connectivity index (χ0v) is 18.2. The van der Waals surface area contributed by atoms with E-state index in [0.29, 0.717) is 12.1 Å². The van der Waals surface area contributed by atoms with Crippen molar-refractivity contribution < 1.29 is 4.79 Å². The van der Waals surface area contributed by atoms with E-state index in [0.717, 1.165) is 54.1 Å². The second kappa shape index (κ2) is 7.76. The number of nitrogens with zero attached hydrogens (tertiary/aromatic N) is 3. The van der Waals surface area contributed by atoms with Gasteiger partial charge in [-0.05, 0) is 80.0 Å². The van der Waals surface area contributed by atoms with E-state index in [9.17, 15) is 4.79 Å². The summed E-state index contributed by atoms with van der Waals surface area (Å²) in [4.78, 5) is 17.8. The molecule has 0 unspecified atom stereocenters. The van der Waals surface area contributed by atoms with Crippen LogP contribution in [-0.4, -0.2) is 26.2 Å². The minimum absolute atomic E-state index is 0.0113. The highest BCUT2D eigenvalue weighted by molar-refractivity contribution is 5.99. The first-order valence-electron chi connectivity index (χ1n) is 11.8. The first-order chi connectivity index (χ1) is 15.7. The summed E-state index contributed by atoms with van der Waals surface area (Å²) in [6.07, 6.45) is 12.8. The van der Waals surface area contributed by atoms with Crippen molar-refractivity contribution in [2.45, 2.75) is 50.6 Å². The average molecular weight is 428 g/mol. The van der Waals surface area contributed by atoms with Gasteiger partial charge in [0.15, 0.2) is 0 Å². The van der Waals surface area contributed by atoms with Crippen molar-refractivity contribution >= 4 is 11.7 Å². The molecule has 4 bridgehead atoms. The van der Waals surface area contributed by atoms with Crippen LogP contribution in [0.1, 0.15) is 54.4 Å². The van der Waals surface area contributed by atoms with Gasteiger partial charge in [-0.25, -0.2) is 4.68 Å². The third kappa shape index (κ3) is 3.57. The first kappa shape index (κ1) is 19.5. The number of para-hydroxylation sites is 1. The van der Waals surface area contributed by atoms with Crippen LogP contribution in [0.5, 0.6) is 0 Å². The van der Waals surface area contributed by atoms with Gasteiger partial charge in [-0.15, -0.1) is 0 Å². The SMILES string of the molecule is O=C(NC12CC3CC(CC(C3)C1)C2)c1cnn(-c2ccccc2)c1NCc1cccnc1.